The van der Waals surface area contributed by atoms with Crippen LogP contribution in [0.25, 0.3) is 0 Å². The molecule has 4 heteroatoms. The van der Waals surface area contributed by atoms with E-state index in [0.29, 0.717) is 17.6 Å². The summed E-state index contributed by atoms with van der Waals surface area (Å²) in [6.07, 6.45) is 3.50. The van der Waals surface area contributed by atoms with Gasteiger partial charge in [-0.15, -0.1) is 0 Å². The molecular weight excluding hydrogens is 194 g/mol. The first-order chi connectivity index (χ1) is 6.95. The van der Waals surface area contributed by atoms with E-state index in [2.05, 4.69) is 4.98 Å². The van der Waals surface area contributed by atoms with Crippen LogP contribution in [0.4, 0.5) is 0 Å². The third-order valence-electron chi connectivity index (χ3n) is 1.90. The maximum absolute atomic E-state index is 10.6. The number of carbonyl (C=O) groups excluding carboxylic acids is 1. The second-order valence-corrected chi connectivity index (χ2v) is 3.84. The molecule has 0 spiro atoms. The minimum atomic E-state index is -1.51. The van der Waals surface area contributed by atoms with E-state index in [9.17, 15) is 9.90 Å². The molecule has 82 valence electrons. The molecule has 0 aliphatic heterocycles. The van der Waals surface area contributed by atoms with Crippen LogP contribution >= 0.6 is 0 Å². The number of aliphatic hydroxyl groups is 1. The van der Waals surface area contributed by atoms with Gasteiger partial charge >= 0.3 is 0 Å². The van der Waals surface area contributed by atoms with E-state index < -0.39 is 5.60 Å². The fraction of sp³-hybridized carbons (Fsp3) is 0.455. The standard InChI is InChI=1S/C11H15NO3/c1-8(2)15-10-4-9(5-12-6-10)11(3,14)7-13/h4-8,14H,1-3H3. The van der Waals surface area contributed by atoms with Crippen molar-refractivity contribution in [2.24, 2.45) is 0 Å². The van der Waals surface area contributed by atoms with Gasteiger partial charge in [-0.1, -0.05) is 0 Å². The number of rotatable bonds is 4. The van der Waals surface area contributed by atoms with E-state index >= 15 is 0 Å². The Labute approximate surface area is 88.9 Å². The van der Waals surface area contributed by atoms with Crippen molar-refractivity contribution < 1.29 is 14.6 Å². The van der Waals surface area contributed by atoms with E-state index in [0.717, 1.165) is 0 Å². The smallest absolute Gasteiger partial charge is 0.155 e. The van der Waals surface area contributed by atoms with Gasteiger partial charge in [0, 0.05) is 11.8 Å². The van der Waals surface area contributed by atoms with Crippen LogP contribution in [0.15, 0.2) is 18.5 Å². The molecule has 1 heterocycles. The summed E-state index contributed by atoms with van der Waals surface area (Å²) in [6, 6.07) is 1.61. The van der Waals surface area contributed by atoms with Crippen molar-refractivity contribution in [3.63, 3.8) is 0 Å². The van der Waals surface area contributed by atoms with Crippen molar-refractivity contribution in [3.05, 3.63) is 24.0 Å². The SMILES string of the molecule is CC(C)Oc1cncc(C(C)(O)C=O)c1. The highest BCUT2D eigenvalue weighted by Crippen LogP contribution is 2.21. The van der Waals surface area contributed by atoms with E-state index in [4.69, 9.17) is 4.74 Å². The number of nitrogens with zero attached hydrogens (tertiary/aromatic N) is 1. The van der Waals surface area contributed by atoms with Gasteiger partial charge in [-0.05, 0) is 26.8 Å². The van der Waals surface area contributed by atoms with Crippen LogP contribution in [0.5, 0.6) is 5.75 Å². The lowest BCUT2D eigenvalue weighted by molar-refractivity contribution is -0.123. The van der Waals surface area contributed by atoms with Crippen LogP contribution in [0.1, 0.15) is 26.3 Å². The summed E-state index contributed by atoms with van der Waals surface area (Å²) in [5, 5.41) is 9.69. The van der Waals surface area contributed by atoms with Gasteiger partial charge in [-0.2, -0.15) is 0 Å². The lowest BCUT2D eigenvalue weighted by Gasteiger charge is -2.17. The Morgan fingerprint density at radius 1 is 1.53 bits per heavy atom. The Hall–Kier alpha value is -1.42. The third-order valence-corrected chi connectivity index (χ3v) is 1.90. The van der Waals surface area contributed by atoms with Crippen LogP contribution in [0, 0.1) is 0 Å². The van der Waals surface area contributed by atoms with Crippen molar-refractivity contribution in [3.8, 4) is 5.75 Å². The fourth-order valence-corrected chi connectivity index (χ4v) is 1.10. The predicted octanol–water partition coefficient (Wildman–Crippen LogP) is 1.28. The molecule has 15 heavy (non-hydrogen) atoms. The molecule has 0 saturated carbocycles. The highest BCUT2D eigenvalue weighted by Gasteiger charge is 2.22. The molecule has 1 rings (SSSR count). The van der Waals surface area contributed by atoms with E-state index in [1.165, 1.54) is 13.1 Å². The van der Waals surface area contributed by atoms with Crippen LogP contribution < -0.4 is 4.74 Å². The van der Waals surface area contributed by atoms with Gasteiger partial charge < -0.3 is 9.84 Å². The number of aromatic nitrogens is 1. The molecule has 4 nitrogen and oxygen atoms in total. The van der Waals surface area contributed by atoms with Gasteiger partial charge in [0.25, 0.3) is 0 Å². The Bertz CT molecular complexity index is 347. The Balaban J connectivity index is 2.97. The Morgan fingerprint density at radius 3 is 2.73 bits per heavy atom. The van der Waals surface area contributed by atoms with Gasteiger partial charge in [0.2, 0.25) is 0 Å². The van der Waals surface area contributed by atoms with Crippen molar-refractivity contribution in [1.82, 2.24) is 4.98 Å². The molecule has 0 saturated heterocycles. The van der Waals surface area contributed by atoms with Crippen LogP contribution in [-0.4, -0.2) is 22.5 Å². The molecule has 1 atom stereocenters. The summed E-state index contributed by atoms with van der Waals surface area (Å²) >= 11 is 0. The minimum Gasteiger partial charge on any atom is -0.489 e. The summed E-state index contributed by atoms with van der Waals surface area (Å²) < 4.78 is 5.40. The lowest BCUT2D eigenvalue weighted by atomic mass is 10.00. The summed E-state index contributed by atoms with van der Waals surface area (Å²) in [7, 11) is 0. The highest BCUT2D eigenvalue weighted by molar-refractivity contribution is 5.64. The zero-order chi connectivity index (χ0) is 11.5. The minimum absolute atomic E-state index is 0.0308. The largest absolute Gasteiger partial charge is 0.489 e. The molecule has 0 aromatic carbocycles. The lowest BCUT2D eigenvalue weighted by Crippen LogP contribution is -2.23. The van der Waals surface area contributed by atoms with Crippen LogP contribution in [0.3, 0.4) is 0 Å². The molecular formula is C11H15NO3. The van der Waals surface area contributed by atoms with Gasteiger partial charge in [-0.3, -0.25) is 9.78 Å². The average molecular weight is 209 g/mol. The number of ether oxygens (including phenoxy) is 1. The summed E-state index contributed by atoms with van der Waals surface area (Å²) in [6.45, 7) is 5.20. The molecule has 1 N–H and O–H groups in total. The van der Waals surface area contributed by atoms with Crippen molar-refractivity contribution in [1.29, 1.82) is 0 Å². The van der Waals surface area contributed by atoms with E-state index in [1.54, 1.807) is 12.3 Å². The highest BCUT2D eigenvalue weighted by atomic mass is 16.5. The molecule has 1 unspecified atom stereocenters. The van der Waals surface area contributed by atoms with Gasteiger partial charge in [0.1, 0.15) is 11.4 Å². The number of pyridine rings is 1. The molecule has 0 amide bonds. The van der Waals surface area contributed by atoms with Crippen LogP contribution in [-0.2, 0) is 10.4 Å². The normalized spacial score (nSPS) is 14.7. The van der Waals surface area contributed by atoms with Gasteiger partial charge in [0.15, 0.2) is 6.29 Å². The Kier molecular flexibility index (Phi) is 3.42. The second-order valence-electron chi connectivity index (χ2n) is 3.84. The Morgan fingerprint density at radius 2 is 2.20 bits per heavy atom. The first-order valence-electron chi connectivity index (χ1n) is 4.76. The van der Waals surface area contributed by atoms with Gasteiger partial charge in [-0.25, -0.2) is 0 Å². The first kappa shape index (κ1) is 11.7. The summed E-state index contributed by atoms with van der Waals surface area (Å²) in [5.74, 6) is 0.546. The van der Waals surface area contributed by atoms with Crippen molar-refractivity contribution in [2.45, 2.75) is 32.5 Å². The predicted molar refractivity (Wildman–Crippen MR) is 55.6 cm³/mol. The topological polar surface area (TPSA) is 59.4 Å². The van der Waals surface area contributed by atoms with E-state index in [-0.39, 0.29) is 6.10 Å². The summed E-state index contributed by atoms with van der Waals surface area (Å²) in [4.78, 5) is 14.5. The third kappa shape index (κ3) is 3.02. The monoisotopic (exact) mass is 209 g/mol. The molecule has 0 bridgehead atoms. The number of aldehydes is 1. The number of carbonyl (C=O) groups is 1. The molecule has 1 aromatic rings. The van der Waals surface area contributed by atoms with Crippen LogP contribution in [0.2, 0.25) is 0 Å². The van der Waals surface area contributed by atoms with E-state index in [1.807, 2.05) is 13.8 Å². The van der Waals surface area contributed by atoms with Crippen molar-refractivity contribution >= 4 is 6.29 Å². The molecule has 0 aliphatic carbocycles. The molecule has 0 aliphatic rings. The molecule has 1 aromatic heterocycles. The maximum atomic E-state index is 10.6. The second kappa shape index (κ2) is 4.40. The zero-order valence-corrected chi connectivity index (χ0v) is 9.10. The van der Waals surface area contributed by atoms with Crippen molar-refractivity contribution in [2.75, 3.05) is 0 Å². The maximum Gasteiger partial charge on any atom is 0.155 e. The number of hydrogen-bond acceptors (Lipinski definition) is 4. The summed E-state index contributed by atoms with van der Waals surface area (Å²) in [5.41, 5.74) is -1.08. The quantitative estimate of drug-likeness (QED) is 0.759. The average Bonchev–Trinajstić information content (AvgIpc) is 2.17. The molecule has 0 radical (unpaired) electrons. The first-order valence-corrected chi connectivity index (χ1v) is 4.76. The molecule has 0 fully saturated rings. The number of hydrogen-bond donors (Lipinski definition) is 1. The van der Waals surface area contributed by atoms with Gasteiger partial charge in [0.05, 0.1) is 12.3 Å². The zero-order valence-electron chi connectivity index (χ0n) is 9.10. The fourth-order valence-electron chi connectivity index (χ4n) is 1.10.